The number of aromatic nitrogens is 2. The number of carbonyl (C=O) groups is 1. The lowest BCUT2D eigenvalue weighted by Gasteiger charge is -2.27. The highest BCUT2D eigenvalue weighted by Gasteiger charge is 2.29. The van der Waals surface area contributed by atoms with Crippen LogP contribution in [0, 0.1) is 6.92 Å². The van der Waals surface area contributed by atoms with Gasteiger partial charge in [-0.25, -0.2) is 18.2 Å². The molecule has 1 fully saturated rings. The Morgan fingerprint density at radius 1 is 1.27 bits per heavy atom. The molecule has 182 valence electrons. The fourth-order valence-electron chi connectivity index (χ4n) is 4.11. The Morgan fingerprint density at radius 3 is 2.61 bits per heavy atom. The average Bonchev–Trinajstić information content (AvgIpc) is 3.39. The maximum Gasteiger partial charge on any atom is 0.318 e. The number of rotatable bonds is 9. The van der Waals surface area contributed by atoms with Crippen LogP contribution < -0.4 is 5.32 Å². The Hall–Kier alpha value is -2.39. The zero-order valence-electron chi connectivity index (χ0n) is 20.2. The van der Waals surface area contributed by atoms with E-state index >= 15 is 0 Å². The molecule has 1 N–H and O–H groups in total. The number of nitrogens with zero attached hydrogens (tertiary/aromatic N) is 3. The van der Waals surface area contributed by atoms with E-state index in [1.165, 1.54) is 0 Å². The molecule has 0 saturated carbocycles. The topological polar surface area (TPSA) is 93.5 Å². The van der Waals surface area contributed by atoms with Crippen molar-refractivity contribution in [3.63, 3.8) is 0 Å². The quantitative estimate of drug-likeness (QED) is 0.593. The number of urea groups is 1. The van der Waals surface area contributed by atoms with Crippen LogP contribution in [0.5, 0.6) is 0 Å². The second-order valence-electron chi connectivity index (χ2n) is 9.30. The van der Waals surface area contributed by atoms with Crippen LogP contribution in [0.4, 0.5) is 4.79 Å². The molecule has 1 unspecified atom stereocenters. The monoisotopic (exact) mass is 476 g/mol. The lowest BCUT2D eigenvalue weighted by molar-refractivity contribution is 0.0783. The minimum Gasteiger partial charge on any atom is -0.376 e. The molecule has 0 radical (unpaired) electrons. The van der Waals surface area contributed by atoms with E-state index in [2.05, 4.69) is 10.3 Å². The summed E-state index contributed by atoms with van der Waals surface area (Å²) in [7, 11) is -3.68. The Labute approximate surface area is 197 Å². The van der Waals surface area contributed by atoms with Gasteiger partial charge in [0.1, 0.15) is 0 Å². The first-order valence-corrected chi connectivity index (χ1v) is 13.2. The number of carbonyl (C=O) groups excluding carboxylic acids is 1. The molecule has 2 heterocycles. The van der Waals surface area contributed by atoms with Crippen LogP contribution in [0.1, 0.15) is 63.4 Å². The number of amides is 2. The zero-order chi connectivity index (χ0) is 24.2. The number of sulfone groups is 1. The minimum absolute atomic E-state index is 0.00967. The summed E-state index contributed by atoms with van der Waals surface area (Å²) in [6, 6.07) is 7.13. The first-order valence-electron chi connectivity index (χ1n) is 11.6. The van der Waals surface area contributed by atoms with Crippen molar-refractivity contribution in [1.82, 2.24) is 19.8 Å². The highest BCUT2D eigenvalue weighted by molar-refractivity contribution is 7.90. The van der Waals surface area contributed by atoms with Gasteiger partial charge in [-0.2, -0.15) is 0 Å². The molecular weight excluding hydrogens is 440 g/mol. The third-order valence-corrected chi connectivity index (χ3v) is 7.29. The summed E-state index contributed by atoms with van der Waals surface area (Å²) in [5.41, 5.74) is 2.37. The predicted molar refractivity (Wildman–Crippen MR) is 128 cm³/mol. The van der Waals surface area contributed by atoms with Crippen molar-refractivity contribution in [2.45, 2.75) is 83.1 Å². The number of hydrogen-bond donors (Lipinski definition) is 1. The van der Waals surface area contributed by atoms with Gasteiger partial charge in [0.25, 0.3) is 0 Å². The minimum atomic E-state index is -3.68. The van der Waals surface area contributed by atoms with E-state index in [-0.39, 0.29) is 41.7 Å². The molecule has 1 aromatic carbocycles. The second-order valence-corrected chi connectivity index (χ2v) is 11.2. The molecular formula is C24H36N4O4S. The van der Waals surface area contributed by atoms with Gasteiger partial charge in [-0.3, -0.25) is 0 Å². The van der Waals surface area contributed by atoms with Crippen molar-refractivity contribution in [1.29, 1.82) is 0 Å². The SMILES string of the molecule is Cc1ccccc1CS(=O)(=O)c1ncc(CN(CC2CCCO2)C(=O)NC(C)C)n1C(C)C. The van der Waals surface area contributed by atoms with Gasteiger partial charge in [0.2, 0.25) is 15.0 Å². The molecule has 2 aromatic rings. The number of imidazole rings is 1. The number of hydrogen-bond acceptors (Lipinski definition) is 5. The number of nitrogens with one attached hydrogen (secondary N) is 1. The molecule has 1 aliphatic rings. The normalized spacial score (nSPS) is 16.5. The van der Waals surface area contributed by atoms with Gasteiger partial charge < -0.3 is 19.5 Å². The van der Waals surface area contributed by atoms with Crippen LogP contribution in [-0.4, -0.2) is 54.2 Å². The zero-order valence-corrected chi connectivity index (χ0v) is 21.1. The molecule has 3 rings (SSSR count). The molecule has 8 nitrogen and oxygen atoms in total. The van der Waals surface area contributed by atoms with E-state index < -0.39 is 9.84 Å². The van der Waals surface area contributed by atoms with Crippen molar-refractivity contribution < 1.29 is 17.9 Å². The van der Waals surface area contributed by atoms with Gasteiger partial charge in [-0.05, 0) is 58.6 Å². The van der Waals surface area contributed by atoms with Crippen molar-refractivity contribution in [3.05, 3.63) is 47.3 Å². The summed E-state index contributed by atoms with van der Waals surface area (Å²) in [4.78, 5) is 18.9. The largest absolute Gasteiger partial charge is 0.376 e. The molecule has 9 heteroatoms. The van der Waals surface area contributed by atoms with Crippen LogP contribution >= 0.6 is 0 Å². The first-order chi connectivity index (χ1) is 15.6. The predicted octanol–water partition coefficient (Wildman–Crippen LogP) is 3.85. The smallest absolute Gasteiger partial charge is 0.318 e. The molecule has 0 spiro atoms. The Balaban J connectivity index is 1.90. The number of ether oxygens (including phenoxy) is 1. The fourth-order valence-corrected chi connectivity index (χ4v) is 5.81. The molecule has 1 saturated heterocycles. The van der Waals surface area contributed by atoms with Crippen molar-refractivity contribution >= 4 is 15.9 Å². The fraction of sp³-hybridized carbons (Fsp3) is 0.583. The van der Waals surface area contributed by atoms with E-state index in [0.717, 1.165) is 24.0 Å². The van der Waals surface area contributed by atoms with E-state index in [4.69, 9.17) is 4.74 Å². The Bertz CT molecular complexity index is 1060. The summed E-state index contributed by atoms with van der Waals surface area (Å²) < 4.78 is 34.2. The van der Waals surface area contributed by atoms with E-state index in [1.807, 2.05) is 58.9 Å². The van der Waals surface area contributed by atoms with Crippen LogP contribution in [0.25, 0.3) is 0 Å². The summed E-state index contributed by atoms with van der Waals surface area (Å²) in [5.74, 6) is -0.115. The van der Waals surface area contributed by atoms with E-state index in [0.29, 0.717) is 18.8 Å². The lowest BCUT2D eigenvalue weighted by atomic mass is 10.1. The highest BCUT2D eigenvalue weighted by atomic mass is 32.2. The molecule has 1 atom stereocenters. The van der Waals surface area contributed by atoms with Crippen molar-refractivity contribution in [2.75, 3.05) is 13.2 Å². The third kappa shape index (κ3) is 6.35. The second kappa shape index (κ2) is 10.7. The van der Waals surface area contributed by atoms with Crippen LogP contribution in [-0.2, 0) is 26.9 Å². The summed E-state index contributed by atoms with van der Waals surface area (Å²) in [6.45, 7) is 11.0. The third-order valence-electron chi connectivity index (χ3n) is 5.74. The van der Waals surface area contributed by atoms with Gasteiger partial charge in [0.05, 0.1) is 30.3 Å². The van der Waals surface area contributed by atoms with Crippen LogP contribution in [0.3, 0.4) is 0 Å². The summed E-state index contributed by atoms with van der Waals surface area (Å²) in [5, 5.41) is 2.98. The molecule has 1 aliphatic heterocycles. The maximum absolute atomic E-state index is 13.3. The molecule has 33 heavy (non-hydrogen) atoms. The number of benzene rings is 1. The Kier molecular flexibility index (Phi) is 8.18. The van der Waals surface area contributed by atoms with Crippen molar-refractivity contribution in [2.24, 2.45) is 0 Å². The van der Waals surface area contributed by atoms with Gasteiger partial charge in [0.15, 0.2) is 0 Å². The first kappa shape index (κ1) is 25.2. The van der Waals surface area contributed by atoms with Crippen molar-refractivity contribution in [3.8, 4) is 0 Å². The molecule has 2 amide bonds. The van der Waals surface area contributed by atoms with Gasteiger partial charge >= 0.3 is 6.03 Å². The van der Waals surface area contributed by atoms with Crippen LogP contribution in [0.15, 0.2) is 35.6 Å². The standard InChI is InChI=1S/C24H36N4O4S/c1-17(2)26-23(29)27(15-22-11-8-12-32-22)14-21-13-25-24(28(21)18(3)4)33(30,31)16-20-10-7-6-9-19(20)5/h6-7,9-10,13,17-18,22H,8,11-12,14-16H2,1-5H3,(H,26,29). The average molecular weight is 477 g/mol. The van der Waals surface area contributed by atoms with Gasteiger partial charge in [-0.1, -0.05) is 24.3 Å². The lowest BCUT2D eigenvalue weighted by Crippen LogP contribution is -2.45. The van der Waals surface area contributed by atoms with Crippen LogP contribution in [0.2, 0.25) is 0 Å². The molecule has 1 aromatic heterocycles. The maximum atomic E-state index is 13.3. The summed E-state index contributed by atoms with van der Waals surface area (Å²) in [6.07, 6.45) is 3.46. The van der Waals surface area contributed by atoms with E-state index in [1.54, 1.807) is 15.7 Å². The molecule has 0 bridgehead atoms. The van der Waals surface area contributed by atoms with Gasteiger partial charge in [0, 0.05) is 25.2 Å². The number of aryl methyl sites for hydroxylation is 1. The highest BCUT2D eigenvalue weighted by Crippen LogP contribution is 2.24. The summed E-state index contributed by atoms with van der Waals surface area (Å²) >= 11 is 0. The van der Waals surface area contributed by atoms with E-state index in [9.17, 15) is 13.2 Å². The van der Waals surface area contributed by atoms with Gasteiger partial charge in [-0.15, -0.1) is 0 Å². The molecule has 0 aliphatic carbocycles. The Morgan fingerprint density at radius 2 is 2.00 bits per heavy atom.